The second kappa shape index (κ2) is 4.18. The maximum Gasteiger partial charge on any atom is 0.342 e. The van der Waals surface area contributed by atoms with Crippen molar-refractivity contribution in [2.75, 3.05) is 0 Å². The van der Waals surface area contributed by atoms with Gasteiger partial charge in [-0.25, -0.2) is 9.78 Å². The highest BCUT2D eigenvalue weighted by Gasteiger charge is 2.11. The van der Waals surface area contributed by atoms with Crippen LogP contribution >= 0.6 is 27.3 Å². The summed E-state index contributed by atoms with van der Waals surface area (Å²) in [6.07, 6.45) is 1.06. The van der Waals surface area contributed by atoms with Crippen molar-refractivity contribution in [1.29, 1.82) is 0 Å². The zero-order valence-electron chi connectivity index (χ0n) is 7.73. The number of aromatic amines is 1. The molecule has 0 aliphatic rings. The topological polar surface area (TPSA) is 83.0 Å². The molecule has 16 heavy (non-hydrogen) atoms. The van der Waals surface area contributed by atoms with Crippen molar-refractivity contribution in [2.45, 2.75) is 0 Å². The van der Waals surface area contributed by atoms with Crippen LogP contribution in [0, 0.1) is 0 Å². The number of nitrogens with zero attached hydrogens (tertiary/aromatic N) is 1. The number of carbonyl (C=O) groups is 1. The minimum atomic E-state index is -1.28. The lowest BCUT2D eigenvalue weighted by Crippen LogP contribution is -2.18. The van der Waals surface area contributed by atoms with E-state index in [0.29, 0.717) is 5.82 Å². The van der Waals surface area contributed by atoms with Crippen molar-refractivity contribution in [3.05, 3.63) is 38.0 Å². The Bertz CT molecular complexity index is 605. The Labute approximate surface area is 102 Å². The molecule has 0 saturated heterocycles. The first-order valence-electron chi connectivity index (χ1n) is 4.16. The van der Waals surface area contributed by atoms with Gasteiger partial charge in [-0.1, -0.05) is 0 Å². The summed E-state index contributed by atoms with van der Waals surface area (Å²) in [6, 6.07) is 3.61. The zero-order chi connectivity index (χ0) is 11.7. The van der Waals surface area contributed by atoms with Gasteiger partial charge < -0.3 is 10.1 Å². The maximum absolute atomic E-state index is 11.4. The van der Waals surface area contributed by atoms with E-state index in [0.717, 1.165) is 14.9 Å². The van der Waals surface area contributed by atoms with Crippen LogP contribution in [0.1, 0.15) is 10.4 Å². The third-order valence-electron chi connectivity index (χ3n) is 1.84. The first kappa shape index (κ1) is 11.0. The SMILES string of the molecule is O=C(O)c1cnc(-c2ccc(Br)s2)[nH]c1=O. The molecule has 5 nitrogen and oxygen atoms in total. The van der Waals surface area contributed by atoms with Crippen LogP contribution in [-0.4, -0.2) is 21.0 Å². The molecule has 2 N–H and O–H groups in total. The third-order valence-corrected chi connectivity index (χ3v) is 3.47. The minimum absolute atomic E-state index is 0.362. The molecule has 0 atom stereocenters. The molecule has 0 unspecified atom stereocenters. The second-order valence-electron chi connectivity index (χ2n) is 2.88. The fraction of sp³-hybridized carbons (Fsp3) is 0. The Morgan fingerprint density at radius 3 is 2.75 bits per heavy atom. The lowest BCUT2D eigenvalue weighted by Gasteiger charge is -1.97. The highest BCUT2D eigenvalue weighted by molar-refractivity contribution is 9.11. The molecule has 2 aromatic heterocycles. The van der Waals surface area contributed by atoms with Crippen molar-refractivity contribution in [2.24, 2.45) is 0 Å². The van der Waals surface area contributed by atoms with Gasteiger partial charge in [0.05, 0.1) is 8.66 Å². The molecule has 2 heterocycles. The Morgan fingerprint density at radius 1 is 1.50 bits per heavy atom. The van der Waals surface area contributed by atoms with Crippen LogP contribution in [0.2, 0.25) is 0 Å². The third kappa shape index (κ3) is 2.05. The number of H-pyrrole nitrogens is 1. The molecule has 0 bridgehead atoms. The molecule has 0 aliphatic carbocycles. The monoisotopic (exact) mass is 300 g/mol. The Balaban J connectivity index is 2.50. The number of carboxylic acids is 1. The summed E-state index contributed by atoms with van der Waals surface area (Å²) in [5, 5.41) is 8.67. The quantitative estimate of drug-likeness (QED) is 0.888. The molecule has 0 saturated carbocycles. The molecule has 0 spiro atoms. The van der Waals surface area contributed by atoms with Crippen LogP contribution in [0.25, 0.3) is 10.7 Å². The van der Waals surface area contributed by atoms with Gasteiger partial charge in [-0.05, 0) is 28.1 Å². The fourth-order valence-corrected chi connectivity index (χ4v) is 2.45. The minimum Gasteiger partial charge on any atom is -0.477 e. The van der Waals surface area contributed by atoms with E-state index in [1.165, 1.54) is 11.3 Å². The molecular formula is C9H5BrN2O3S. The van der Waals surface area contributed by atoms with E-state index in [9.17, 15) is 9.59 Å². The lowest BCUT2D eigenvalue weighted by atomic mass is 10.3. The summed E-state index contributed by atoms with van der Waals surface area (Å²) in [5.74, 6) is -0.918. The summed E-state index contributed by atoms with van der Waals surface area (Å²) in [4.78, 5) is 29.1. The van der Waals surface area contributed by atoms with Gasteiger partial charge in [0, 0.05) is 6.20 Å². The van der Waals surface area contributed by atoms with Crippen LogP contribution in [0.5, 0.6) is 0 Å². The standard InChI is InChI=1S/C9H5BrN2O3S/c10-6-2-1-5(16-6)7-11-3-4(9(14)15)8(13)12-7/h1-3H,(H,14,15)(H,11,12,13). The number of hydrogen-bond donors (Lipinski definition) is 2. The van der Waals surface area contributed by atoms with Crippen LogP contribution in [-0.2, 0) is 0 Å². The van der Waals surface area contributed by atoms with Gasteiger partial charge in [0.15, 0.2) is 0 Å². The number of rotatable bonds is 2. The van der Waals surface area contributed by atoms with Gasteiger partial charge >= 0.3 is 5.97 Å². The van der Waals surface area contributed by atoms with Gasteiger partial charge in [0.25, 0.3) is 5.56 Å². The van der Waals surface area contributed by atoms with Gasteiger partial charge in [0.1, 0.15) is 11.4 Å². The van der Waals surface area contributed by atoms with Crippen LogP contribution in [0.3, 0.4) is 0 Å². The van der Waals surface area contributed by atoms with E-state index in [1.54, 1.807) is 6.07 Å². The molecule has 7 heteroatoms. The van der Waals surface area contributed by atoms with Crippen molar-refractivity contribution < 1.29 is 9.90 Å². The number of carboxylic acid groups (broad SMARTS) is 1. The summed E-state index contributed by atoms with van der Waals surface area (Å²) < 4.78 is 0.910. The molecular weight excluding hydrogens is 296 g/mol. The molecule has 2 aromatic rings. The Morgan fingerprint density at radius 2 is 2.25 bits per heavy atom. The summed E-state index contributed by atoms with van der Waals surface area (Å²) in [5.41, 5.74) is -1.01. The van der Waals surface area contributed by atoms with E-state index in [4.69, 9.17) is 5.11 Å². The van der Waals surface area contributed by atoms with E-state index < -0.39 is 11.5 Å². The van der Waals surface area contributed by atoms with Crippen LogP contribution in [0.15, 0.2) is 26.9 Å². The molecule has 0 amide bonds. The smallest absolute Gasteiger partial charge is 0.342 e. The van der Waals surface area contributed by atoms with Gasteiger partial charge in [-0.2, -0.15) is 0 Å². The normalized spacial score (nSPS) is 10.3. The number of nitrogens with one attached hydrogen (secondary N) is 1. The molecule has 0 aromatic carbocycles. The van der Waals surface area contributed by atoms with Crippen LogP contribution < -0.4 is 5.56 Å². The van der Waals surface area contributed by atoms with E-state index >= 15 is 0 Å². The molecule has 0 fully saturated rings. The average Bonchev–Trinajstić information content (AvgIpc) is 2.64. The first-order chi connectivity index (χ1) is 7.58. The molecule has 82 valence electrons. The van der Waals surface area contributed by atoms with Gasteiger partial charge in [-0.3, -0.25) is 4.79 Å². The second-order valence-corrected chi connectivity index (χ2v) is 5.35. The number of thiophene rings is 1. The Hall–Kier alpha value is -1.47. The molecule has 2 rings (SSSR count). The van der Waals surface area contributed by atoms with Crippen molar-refractivity contribution in [1.82, 2.24) is 9.97 Å². The lowest BCUT2D eigenvalue weighted by molar-refractivity contribution is 0.0694. The predicted octanol–water partition coefficient (Wildman–Crippen LogP) is 1.96. The summed E-state index contributed by atoms with van der Waals surface area (Å²) >= 11 is 4.69. The summed E-state index contributed by atoms with van der Waals surface area (Å²) in [7, 11) is 0. The van der Waals surface area contributed by atoms with Crippen molar-refractivity contribution in [3.8, 4) is 10.7 Å². The van der Waals surface area contributed by atoms with E-state index in [-0.39, 0.29) is 5.56 Å². The number of hydrogen-bond acceptors (Lipinski definition) is 4. The molecule has 0 radical (unpaired) electrons. The molecule has 0 aliphatic heterocycles. The van der Waals surface area contributed by atoms with E-state index in [1.807, 2.05) is 6.07 Å². The van der Waals surface area contributed by atoms with Gasteiger partial charge in [0.2, 0.25) is 0 Å². The zero-order valence-corrected chi connectivity index (χ0v) is 10.1. The fourth-order valence-electron chi connectivity index (χ4n) is 1.11. The van der Waals surface area contributed by atoms with Crippen molar-refractivity contribution >= 4 is 33.2 Å². The summed E-state index contributed by atoms with van der Waals surface area (Å²) in [6.45, 7) is 0. The highest BCUT2D eigenvalue weighted by atomic mass is 79.9. The van der Waals surface area contributed by atoms with Crippen molar-refractivity contribution in [3.63, 3.8) is 0 Å². The number of aromatic carboxylic acids is 1. The highest BCUT2D eigenvalue weighted by Crippen LogP contribution is 2.28. The largest absolute Gasteiger partial charge is 0.477 e. The first-order valence-corrected chi connectivity index (χ1v) is 5.77. The number of halogens is 1. The maximum atomic E-state index is 11.4. The number of aromatic nitrogens is 2. The predicted molar refractivity (Wildman–Crippen MR) is 62.8 cm³/mol. The average molecular weight is 301 g/mol. The van der Waals surface area contributed by atoms with Crippen LogP contribution in [0.4, 0.5) is 0 Å². The Kier molecular flexibility index (Phi) is 2.88. The van der Waals surface area contributed by atoms with Gasteiger partial charge in [-0.15, -0.1) is 11.3 Å². The van der Waals surface area contributed by atoms with E-state index in [2.05, 4.69) is 25.9 Å².